The Kier molecular flexibility index (Phi) is 3.59. The van der Waals surface area contributed by atoms with Crippen LogP contribution in [0.1, 0.15) is 12.0 Å². The van der Waals surface area contributed by atoms with Crippen molar-refractivity contribution in [1.29, 1.82) is 0 Å². The summed E-state index contributed by atoms with van der Waals surface area (Å²) < 4.78 is 34.3. The van der Waals surface area contributed by atoms with Gasteiger partial charge in [-0.25, -0.2) is 0 Å². The minimum Gasteiger partial charge on any atom is -0.337 e. The Hall–Kier alpha value is -1.14. The number of carbonyl (C=O) groups is 1. The van der Waals surface area contributed by atoms with Crippen LogP contribution in [0.5, 0.6) is 0 Å². The Morgan fingerprint density at radius 1 is 1.33 bits per heavy atom. The lowest BCUT2D eigenvalue weighted by molar-refractivity contribution is -0.128. The SMILES string of the molecule is O=C1CC(S(=O)(=O)F)CN1Cc1ccc(Cl)cc1. The monoisotopic (exact) mass is 291 g/mol. The number of halogens is 2. The number of likely N-dealkylation sites (tertiary alicyclic amines) is 1. The number of hydrogen-bond acceptors (Lipinski definition) is 3. The van der Waals surface area contributed by atoms with Crippen molar-refractivity contribution >= 4 is 27.7 Å². The molecule has 98 valence electrons. The lowest BCUT2D eigenvalue weighted by Crippen LogP contribution is -2.26. The zero-order chi connectivity index (χ0) is 13.3. The molecule has 0 aliphatic carbocycles. The first-order valence-corrected chi connectivity index (χ1v) is 7.14. The van der Waals surface area contributed by atoms with Gasteiger partial charge in [-0.3, -0.25) is 4.79 Å². The van der Waals surface area contributed by atoms with Gasteiger partial charge >= 0.3 is 10.2 Å². The molecule has 1 amide bonds. The highest BCUT2D eigenvalue weighted by molar-refractivity contribution is 7.87. The zero-order valence-electron chi connectivity index (χ0n) is 9.34. The summed E-state index contributed by atoms with van der Waals surface area (Å²) in [6.07, 6.45) is -0.285. The van der Waals surface area contributed by atoms with Crippen LogP contribution in [-0.2, 0) is 21.6 Å². The fourth-order valence-electron chi connectivity index (χ4n) is 1.89. The van der Waals surface area contributed by atoms with Gasteiger partial charge in [-0.05, 0) is 17.7 Å². The van der Waals surface area contributed by atoms with Crippen molar-refractivity contribution in [1.82, 2.24) is 4.90 Å². The maximum Gasteiger partial charge on any atom is 0.307 e. The summed E-state index contributed by atoms with van der Waals surface area (Å²) in [4.78, 5) is 12.9. The predicted octanol–water partition coefficient (Wildman–Crippen LogP) is 1.74. The van der Waals surface area contributed by atoms with Crippen molar-refractivity contribution in [3.8, 4) is 0 Å². The number of amides is 1. The fourth-order valence-corrected chi connectivity index (χ4v) is 2.71. The largest absolute Gasteiger partial charge is 0.337 e. The van der Waals surface area contributed by atoms with Crippen LogP contribution in [0.3, 0.4) is 0 Å². The van der Waals surface area contributed by atoms with Crippen LogP contribution in [0.25, 0.3) is 0 Å². The molecular weight excluding hydrogens is 281 g/mol. The summed E-state index contributed by atoms with van der Waals surface area (Å²) in [5.41, 5.74) is 0.824. The summed E-state index contributed by atoms with van der Waals surface area (Å²) in [7, 11) is -4.65. The van der Waals surface area contributed by atoms with Crippen LogP contribution >= 0.6 is 11.6 Å². The van der Waals surface area contributed by atoms with E-state index in [4.69, 9.17) is 11.6 Å². The highest BCUT2D eigenvalue weighted by Crippen LogP contribution is 2.22. The lowest BCUT2D eigenvalue weighted by atomic mass is 10.2. The van der Waals surface area contributed by atoms with Crippen LogP contribution in [-0.4, -0.2) is 31.0 Å². The summed E-state index contributed by atoms with van der Waals surface area (Å²) in [6.45, 7) is 0.169. The van der Waals surface area contributed by atoms with Crippen LogP contribution < -0.4 is 0 Å². The average molecular weight is 292 g/mol. The van der Waals surface area contributed by atoms with Gasteiger partial charge in [0.2, 0.25) is 5.91 Å². The number of nitrogens with zero attached hydrogens (tertiary/aromatic N) is 1. The Morgan fingerprint density at radius 2 is 1.94 bits per heavy atom. The molecule has 0 spiro atoms. The van der Waals surface area contributed by atoms with Crippen molar-refractivity contribution in [2.24, 2.45) is 0 Å². The Balaban J connectivity index is 2.07. The van der Waals surface area contributed by atoms with E-state index >= 15 is 0 Å². The topological polar surface area (TPSA) is 54.5 Å². The molecule has 0 aromatic heterocycles. The van der Waals surface area contributed by atoms with Crippen LogP contribution in [0.4, 0.5) is 3.89 Å². The third-order valence-electron chi connectivity index (χ3n) is 2.86. The van der Waals surface area contributed by atoms with E-state index < -0.39 is 15.5 Å². The van der Waals surface area contributed by atoms with Gasteiger partial charge in [0.25, 0.3) is 0 Å². The Bertz CT molecular complexity index is 558. The molecule has 0 saturated carbocycles. The van der Waals surface area contributed by atoms with Crippen molar-refractivity contribution in [3.63, 3.8) is 0 Å². The molecule has 7 heteroatoms. The molecule has 0 radical (unpaired) electrons. The maximum absolute atomic E-state index is 12.8. The van der Waals surface area contributed by atoms with Crippen LogP contribution in [0, 0.1) is 0 Å². The number of rotatable bonds is 3. The summed E-state index contributed by atoms with van der Waals surface area (Å²) in [6, 6.07) is 6.85. The van der Waals surface area contributed by atoms with E-state index in [1.165, 1.54) is 4.90 Å². The van der Waals surface area contributed by atoms with Crippen molar-refractivity contribution in [2.45, 2.75) is 18.2 Å². The second kappa shape index (κ2) is 4.85. The van der Waals surface area contributed by atoms with E-state index in [0.29, 0.717) is 5.02 Å². The standard InChI is InChI=1S/C11H11ClFNO3S/c12-9-3-1-8(2-4-9)6-14-7-10(5-11(14)15)18(13,16)17/h1-4,10H,5-7H2. The first-order chi connectivity index (χ1) is 8.36. The van der Waals surface area contributed by atoms with Gasteiger partial charge in [0.1, 0.15) is 5.25 Å². The van der Waals surface area contributed by atoms with E-state index in [2.05, 4.69) is 0 Å². The highest BCUT2D eigenvalue weighted by Gasteiger charge is 2.38. The Morgan fingerprint density at radius 3 is 2.44 bits per heavy atom. The summed E-state index contributed by atoms with van der Waals surface area (Å²) >= 11 is 5.73. The quantitative estimate of drug-likeness (QED) is 0.797. The third kappa shape index (κ3) is 3.00. The minimum atomic E-state index is -4.65. The molecule has 1 heterocycles. The van der Waals surface area contributed by atoms with Crippen LogP contribution in [0.15, 0.2) is 24.3 Å². The molecule has 1 unspecified atom stereocenters. The molecular formula is C11H11ClFNO3S. The van der Waals surface area contributed by atoms with Crippen LogP contribution in [0.2, 0.25) is 5.02 Å². The van der Waals surface area contributed by atoms with E-state index in [1.807, 2.05) is 0 Å². The van der Waals surface area contributed by atoms with Gasteiger partial charge in [0.15, 0.2) is 0 Å². The van der Waals surface area contributed by atoms with Crippen molar-refractivity contribution in [2.75, 3.05) is 6.54 Å². The molecule has 1 atom stereocenters. The van der Waals surface area contributed by atoms with Crippen molar-refractivity contribution in [3.05, 3.63) is 34.9 Å². The van der Waals surface area contributed by atoms with Gasteiger partial charge in [0.05, 0.1) is 0 Å². The number of hydrogen-bond donors (Lipinski definition) is 0. The van der Waals surface area contributed by atoms with E-state index in [9.17, 15) is 17.1 Å². The van der Waals surface area contributed by atoms with Gasteiger partial charge in [-0.1, -0.05) is 23.7 Å². The summed E-state index contributed by atoms with van der Waals surface area (Å²) in [5, 5.41) is -0.659. The van der Waals surface area contributed by atoms with E-state index in [0.717, 1.165) is 5.56 Å². The van der Waals surface area contributed by atoms with Gasteiger partial charge in [0, 0.05) is 24.5 Å². The smallest absolute Gasteiger partial charge is 0.307 e. The molecule has 0 bridgehead atoms. The summed E-state index contributed by atoms with van der Waals surface area (Å²) in [5.74, 6) is -0.351. The second-order valence-corrected chi connectivity index (χ2v) is 6.26. The molecule has 2 rings (SSSR count). The molecule has 0 N–H and O–H groups in total. The molecule has 1 saturated heterocycles. The number of benzene rings is 1. The molecule has 1 aliphatic heterocycles. The molecule has 1 aliphatic rings. The first kappa shape index (κ1) is 13.3. The molecule has 4 nitrogen and oxygen atoms in total. The van der Waals surface area contributed by atoms with Gasteiger partial charge in [-0.2, -0.15) is 8.42 Å². The normalized spacial score (nSPS) is 20.4. The van der Waals surface area contributed by atoms with Gasteiger partial charge in [-0.15, -0.1) is 3.89 Å². The van der Waals surface area contributed by atoms with Crippen molar-refractivity contribution < 1.29 is 17.1 Å². The molecule has 18 heavy (non-hydrogen) atoms. The van der Waals surface area contributed by atoms with Gasteiger partial charge < -0.3 is 4.90 Å². The molecule has 1 aromatic rings. The minimum absolute atomic E-state index is 0.0969. The zero-order valence-corrected chi connectivity index (χ0v) is 10.9. The molecule has 1 fully saturated rings. The van der Waals surface area contributed by atoms with E-state index in [-0.39, 0.29) is 25.4 Å². The number of carbonyl (C=O) groups excluding carboxylic acids is 1. The predicted molar refractivity (Wildman–Crippen MR) is 65.3 cm³/mol. The average Bonchev–Trinajstić information content (AvgIpc) is 2.63. The fraction of sp³-hybridized carbons (Fsp3) is 0.364. The Labute approximate surface area is 110 Å². The second-order valence-electron chi connectivity index (χ2n) is 4.20. The third-order valence-corrected chi connectivity index (χ3v) is 4.23. The molecule has 1 aromatic carbocycles. The maximum atomic E-state index is 12.8. The highest BCUT2D eigenvalue weighted by atomic mass is 35.5. The van der Waals surface area contributed by atoms with E-state index in [1.54, 1.807) is 24.3 Å². The first-order valence-electron chi connectivity index (χ1n) is 5.32. The lowest BCUT2D eigenvalue weighted by Gasteiger charge is -2.15.